The highest BCUT2D eigenvalue weighted by atomic mass is 32.2. The first-order valence-corrected chi connectivity index (χ1v) is 49.0. The van der Waals surface area contributed by atoms with Crippen LogP contribution in [0.25, 0.3) is 25.1 Å². The van der Waals surface area contributed by atoms with Crippen molar-refractivity contribution in [2.75, 3.05) is 13.2 Å². The number of carbonyl (C=O) groups excluding carboxylic acids is 2. The van der Waals surface area contributed by atoms with Gasteiger partial charge in [0, 0.05) is 57.6 Å². The number of esters is 2. The number of aryl methyl sites for hydroxylation is 7. The molecule has 3 aliphatic heterocycles. The van der Waals surface area contributed by atoms with Gasteiger partial charge in [0.2, 0.25) is 0 Å². The van der Waals surface area contributed by atoms with E-state index in [1.165, 1.54) is 120 Å². The van der Waals surface area contributed by atoms with Crippen LogP contribution in [-0.2, 0) is 67.4 Å². The van der Waals surface area contributed by atoms with E-state index in [1.54, 1.807) is 0 Å². The summed E-state index contributed by atoms with van der Waals surface area (Å²) < 4.78 is 31.8. The molecular formula is C112H107O8S5+5. The molecule has 8 nitrogen and oxygen atoms in total. The molecule has 19 rings (SSSR count). The van der Waals surface area contributed by atoms with Crippen LogP contribution >= 0.6 is 10.5 Å². The number of hydrogen-bond acceptors (Lipinski definition) is 8. The van der Waals surface area contributed by atoms with Gasteiger partial charge in [-0.1, -0.05) is 232 Å². The van der Waals surface area contributed by atoms with Gasteiger partial charge in [-0.25, -0.2) is 4.79 Å². The molecule has 3 aliphatic rings. The maximum atomic E-state index is 12.6. The third kappa shape index (κ3) is 21.4. The number of phenolic OH excluding ortho intramolecular Hbond substituents is 1. The van der Waals surface area contributed by atoms with E-state index in [4.69, 9.17) is 23.7 Å². The Morgan fingerprint density at radius 2 is 0.688 bits per heavy atom. The standard InChI is InChI=1S/C29H27O6S.C26H31OS.C20H18OS.C19H17S.C18H13S/c1-17-13-21(36(19-9-5-3-6-10-19)20-11-7-4-8-12-20)14-18(2)25(17)32-16-24(30)34-27-23-15-22-26(33-23)28(27)35-29(22)31;1-4-5-6-13-18-27-26-21(2)19-25(20-22(26)3)28(23-14-9-7-10-15-23)24-16-11-8-12-17-24;1-15-13-19(14-16(2)20(15)21)22(17-9-5-3-6-10-17)18-11-7-4-8-12-18;1-16-12-14-19(15-13-16)20(17-8-4-2-5-9-17)18-10-6-3-7-11-18;1-2-8-14(9-3-1)19-17-12-6-4-10-15(17)16-11-5-7-13-18(16)19/h3-14,22-23,26-28H,15-16H2,1-2H3;7-12,14-17,19-20H,4-6,13,18H2,1-3H3;3-14H,1-2H3;2-15H,1H3;1-13H/q2*+1;;2*+1/p+1. The second-order valence-electron chi connectivity index (χ2n) is 31.4. The number of carbonyl (C=O) groups is 2. The van der Waals surface area contributed by atoms with Gasteiger partial charge < -0.3 is 28.8 Å². The van der Waals surface area contributed by atoms with E-state index in [2.05, 4.69) is 386 Å². The zero-order valence-electron chi connectivity index (χ0n) is 72.1. The largest absolute Gasteiger partial charge is 0.507 e. The summed E-state index contributed by atoms with van der Waals surface area (Å²) in [5.41, 5.74) is 7.54. The molecule has 0 aliphatic carbocycles. The van der Waals surface area contributed by atoms with Crippen molar-refractivity contribution in [1.82, 2.24) is 0 Å². The average Bonchev–Trinajstić information content (AvgIpc) is 1.57. The van der Waals surface area contributed by atoms with Crippen LogP contribution in [0, 0.1) is 54.4 Å². The number of rotatable bonds is 23. The number of aromatic hydroxyl groups is 1. The molecular weight excluding hydrogens is 1630 g/mol. The van der Waals surface area contributed by atoms with Crippen LogP contribution < -0.4 is 9.47 Å². The Balaban J connectivity index is 0.000000123. The summed E-state index contributed by atoms with van der Waals surface area (Å²) in [7, 11) is -0.494. The molecule has 15 aromatic carbocycles. The van der Waals surface area contributed by atoms with E-state index in [0.29, 0.717) is 17.9 Å². The number of fused-ring (bicyclic) bond motifs is 4. The van der Waals surface area contributed by atoms with Crippen molar-refractivity contribution in [3.8, 4) is 22.1 Å². The predicted octanol–water partition coefficient (Wildman–Crippen LogP) is 27.7. The fraction of sp³-hybridized carbons (Fsp3) is 0.179. The van der Waals surface area contributed by atoms with Crippen molar-refractivity contribution in [3.63, 3.8) is 0 Å². The molecule has 3 fully saturated rings. The van der Waals surface area contributed by atoms with E-state index >= 15 is 0 Å². The zero-order valence-corrected chi connectivity index (χ0v) is 76.1. The molecule has 13 heteroatoms. The lowest BCUT2D eigenvalue weighted by molar-refractivity contribution is -0.162. The Morgan fingerprint density at radius 3 is 1.06 bits per heavy atom. The summed E-state index contributed by atoms with van der Waals surface area (Å²) >= 11 is 0. The minimum absolute atomic E-state index is 0.0229. The summed E-state index contributed by atoms with van der Waals surface area (Å²) in [6.45, 7) is 17.2. The van der Waals surface area contributed by atoms with Crippen LogP contribution in [0.3, 0.4) is 0 Å². The first kappa shape index (κ1) is 88.1. The lowest BCUT2D eigenvalue weighted by Gasteiger charge is -2.22. The molecule has 16 aromatic rings. The Bertz CT molecular complexity index is 5910. The summed E-state index contributed by atoms with van der Waals surface area (Å²) in [5, 5.41) is 12.8. The maximum absolute atomic E-state index is 12.6. The molecule has 628 valence electrons. The Hall–Kier alpha value is -11.8. The molecule has 4 heterocycles. The smallest absolute Gasteiger partial charge is 0.344 e. The number of thiophene rings is 1. The average molecular weight is 1740 g/mol. The first-order chi connectivity index (χ1) is 61.2. The van der Waals surface area contributed by atoms with Gasteiger partial charge in [0.15, 0.2) is 91.9 Å². The minimum Gasteiger partial charge on any atom is -0.507 e. The summed E-state index contributed by atoms with van der Waals surface area (Å²) in [5.74, 6) is 1.17. The van der Waals surface area contributed by atoms with Crippen LogP contribution in [-0.4, -0.2) is 54.7 Å². The van der Waals surface area contributed by atoms with E-state index in [0.717, 1.165) is 41.0 Å². The van der Waals surface area contributed by atoms with Crippen molar-refractivity contribution in [1.29, 1.82) is 0 Å². The maximum Gasteiger partial charge on any atom is 0.344 e. The highest BCUT2D eigenvalue weighted by Gasteiger charge is 2.65. The van der Waals surface area contributed by atoms with E-state index in [9.17, 15) is 14.7 Å². The third-order valence-corrected chi connectivity index (χ3v) is 33.4. The van der Waals surface area contributed by atoms with Crippen molar-refractivity contribution < 1.29 is 38.4 Å². The Morgan fingerprint density at radius 1 is 0.368 bits per heavy atom. The molecule has 1 aromatic heterocycles. The van der Waals surface area contributed by atoms with Gasteiger partial charge in [-0.05, 0) is 240 Å². The zero-order chi connectivity index (χ0) is 86.5. The predicted molar refractivity (Wildman–Crippen MR) is 518 cm³/mol. The van der Waals surface area contributed by atoms with Crippen molar-refractivity contribution in [2.24, 2.45) is 5.92 Å². The monoisotopic (exact) mass is 1740 g/mol. The van der Waals surface area contributed by atoms with Gasteiger partial charge in [-0.2, -0.15) is 0 Å². The van der Waals surface area contributed by atoms with Gasteiger partial charge in [0.05, 0.1) is 62.2 Å². The number of benzene rings is 15. The van der Waals surface area contributed by atoms with Crippen molar-refractivity contribution in [3.05, 3.63) is 421 Å². The number of phenols is 1. The highest BCUT2D eigenvalue weighted by molar-refractivity contribution is 7.98. The van der Waals surface area contributed by atoms with E-state index < -0.39 is 18.2 Å². The molecule has 1 N–H and O–H groups in total. The number of hydrogen-bond donors (Lipinski definition) is 1. The number of ether oxygens (including phenoxy) is 5. The summed E-state index contributed by atoms with van der Waals surface area (Å²) in [4.78, 5) is 41.6. The third-order valence-electron chi connectivity index (χ3n) is 22.2. The van der Waals surface area contributed by atoms with Crippen molar-refractivity contribution >= 4 is 86.2 Å². The lowest BCUT2D eigenvalue weighted by Crippen LogP contribution is -2.40. The molecule has 0 spiro atoms. The van der Waals surface area contributed by atoms with Gasteiger partial charge in [0.1, 0.15) is 23.4 Å². The molecule has 0 radical (unpaired) electrons. The molecule has 5 unspecified atom stereocenters. The molecule has 0 saturated carbocycles. The van der Waals surface area contributed by atoms with Gasteiger partial charge >= 0.3 is 11.9 Å². The van der Waals surface area contributed by atoms with Gasteiger partial charge in [0.25, 0.3) is 0 Å². The van der Waals surface area contributed by atoms with Crippen LogP contribution in [0.4, 0.5) is 0 Å². The van der Waals surface area contributed by atoms with Crippen LogP contribution in [0.15, 0.2) is 441 Å². The fourth-order valence-corrected chi connectivity index (χ4v) is 27.6. The van der Waals surface area contributed by atoms with Crippen LogP contribution in [0.1, 0.15) is 78.0 Å². The van der Waals surface area contributed by atoms with Gasteiger partial charge in [-0.15, -0.1) is 0 Å². The second kappa shape index (κ2) is 42.7. The SMILES string of the molecule is CCCCCCOc1c(C)cc([S+](c2ccccc2)c2ccccc2)cc1C.Cc1cc([S+](c2ccccc2)c2ccccc2)cc(C)c1O.Cc1cc([S+](c2ccccc2)c2ccccc2)cc(C)c1OCC(=O)OC1C2CC3C(=O)OC1C3O2.Cc1ccc([S+](c2ccccc2)c2ccccc2)cc1.c1ccc(-[s+]2c3ccccc3c3ccccc32)cc1. The normalized spacial score (nSPS) is 15.2. The molecule has 5 atom stereocenters. The highest BCUT2D eigenvalue weighted by Crippen LogP contribution is 2.50. The first-order valence-electron chi connectivity index (χ1n) is 42.9. The summed E-state index contributed by atoms with van der Waals surface area (Å²) in [6.07, 6.45) is 3.84. The van der Waals surface area contributed by atoms with Crippen LogP contribution in [0.5, 0.6) is 17.2 Å². The lowest BCUT2D eigenvalue weighted by atomic mass is 9.88. The topological polar surface area (TPSA) is 101 Å². The molecule has 3 saturated heterocycles. The Labute approximate surface area is 751 Å². The van der Waals surface area contributed by atoms with E-state index in [-0.39, 0.29) is 84.8 Å². The summed E-state index contributed by atoms with van der Waals surface area (Å²) in [6, 6.07) is 136. The van der Waals surface area contributed by atoms with E-state index in [1.807, 2.05) is 52.0 Å². The molecule has 2 bridgehead atoms. The van der Waals surface area contributed by atoms with Crippen molar-refractivity contribution in [2.45, 2.75) is 171 Å². The fourth-order valence-electron chi connectivity index (χ4n) is 16.4. The Kier molecular flexibility index (Phi) is 30.1. The minimum atomic E-state index is -0.558. The second-order valence-corrected chi connectivity index (χ2v) is 41.4. The quantitative estimate of drug-likeness (QED) is 0.0384. The molecule has 0 amide bonds. The molecule has 125 heavy (non-hydrogen) atoms. The van der Waals surface area contributed by atoms with Crippen LogP contribution in [0.2, 0.25) is 0 Å². The van der Waals surface area contributed by atoms with Gasteiger partial charge in [-0.3, -0.25) is 4.79 Å². The number of unbranched alkanes of at least 4 members (excludes halogenated alkanes) is 3.